The summed E-state index contributed by atoms with van der Waals surface area (Å²) in [6, 6.07) is 3.30. The van der Waals surface area contributed by atoms with Gasteiger partial charge in [-0.2, -0.15) is 4.98 Å². The van der Waals surface area contributed by atoms with Crippen molar-refractivity contribution in [3.8, 4) is 0 Å². The Labute approximate surface area is 157 Å². The van der Waals surface area contributed by atoms with E-state index in [0.717, 1.165) is 6.42 Å². The second-order valence-corrected chi connectivity index (χ2v) is 7.96. The molecule has 8 heteroatoms. The first-order chi connectivity index (χ1) is 12.9. The van der Waals surface area contributed by atoms with Crippen LogP contribution in [-0.4, -0.2) is 46.0 Å². The van der Waals surface area contributed by atoms with Crippen LogP contribution in [0.3, 0.4) is 0 Å². The van der Waals surface area contributed by atoms with Crippen LogP contribution < -0.4 is 5.32 Å². The van der Waals surface area contributed by atoms with Crippen molar-refractivity contribution in [1.82, 2.24) is 20.4 Å². The molecular formula is C19H24N4O4. The van der Waals surface area contributed by atoms with E-state index >= 15 is 0 Å². The number of carbonyl (C=O) groups excluding carboxylic acids is 2. The first kappa shape index (κ1) is 17.8. The molecule has 2 aromatic rings. The van der Waals surface area contributed by atoms with E-state index in [0.29, 0.717) is 37.0 Å². The zero-order valence-corrected chi connectivity index (χ0v) is 15.8. The van der Waals surface area contributed by atoms with E-state index in [1.54, 1.807) is 19.1 Å². The Morgan fingerprint density at radius 1 is 1.41 bits per heavy atom. The summed E-state index contributed by atoms with van der Waals surface area (Å²) in [5.41, 5.74) is -0.410. The zero-order valence-electron chi connectivity index (χ0n) is 15.8. The predicted molar refractivity (Wildman–Crippen MR) is 94.8 cm³/mol. The van der Waals surface area contributed by atoms with Crippen LogP contribution in [0.2, 0.25) is 0 Å². The van der Waals surface area contributed by atoms with Crippen LogP contribution in [0.25, 0.3) is 0 Å². The van der Waals surface area contributed by atoms with Gasteiger partial charge in [-0.25, -0.2) is 0 Å². The van der Waals surface area contributed by atoms with Gasteiger partial charge in [-0.1, -0.05) is 19.0 Å². The van der Waals surface area contributed by atoms with Crippen molar-refractivity contribution in [2.24, 2.45) is 11.8 Å². The van der Waals surface area contributed by atoms with Gasteiger partial charge in [0.2, 0.25) is 11.8 Å². The normalized spacial score (nSPS) is 27.2. The molecule has 3 atom stereocenters. The molecule has 0 radical (unpaired) electrons. The lowest BCUT2D eigenvalue weighted by Gasteiger charge is -2.26. The molecule has 2 aromatic heterocycles. The van der Waals surface area contributed by atoms with Crippen LogP contribution in [0, 0.1) is 18.8 Å². The van der Waals surface area contributed by atoms with Crippen LogP contribution in [0.5, 0.6) is 0 Å². The molecule has 0 aromatic carbocycles. The van der Waals surface area contributed by atoms with Gasteiger partial charge in [-0.05, 0) is 37.8 Å². The van der Waals surface area contributed by atoms with Gasteiger partial charge in [-0.3, -0.25) is 9.59 Å². The summed E-state index contributed by atoms with van der Waals surface area (Å²) in [4.78, 5) is 31.3. The lowest BCUT2D eigenvalue weighted by Crippen LogP contribution is -2.40. The number of nitrogens with one attached hydrogen (secondary N) is 1. The molecule has 1 N–H and O–H groups in total. The topological polar surface area (TPSA) is 101 Å². The number of likely N-dealkylation sites (tertiary alicyclic amines) is 1. The number of nitrogens with zero attached hydrogens (tertiary/aromatic N) is 3. The van der Waals surface area contributed by atoms with Crippen LogP contribution in [0.1, 0.15) is 49.0 Å². The van der Waals surface area contributed by atoms with Gasteiger partial charge in [0.25, 0.3) is 5.91 Å². The van der Waals surface area contributed by atoms with E-state index in [-0.39, 0.29) is 29.7 Å². The van der Waals surface area contributed by atoms with E-state index in [4.69, 9.17) is 8.94 Å². The van der Waals surface area contributed by atoms with Crippen molar-refractivity contribution in [3.05, 3.63) is 35.9 Å². The van der Waals surface area contributed by atoms with E-state index < -0.39 is 5.41 Å². The van der Waals surface area contributed by atoms with E-state index in [1.807, 2.05) is 18.7 Å². The van der Waals surface area contributed by atoms with E-state index in [2.05, 4.69) is 15.5 Å². The minimum Gasteiger partial charge on any atom is -0.459 e. The van der Waals surface area contributed by atoms with Crippen molar-refractivity contribution >= 4 is 11.8 Å². The molecule has 8 nitrogen and oxygen atoms in total. The average Bonchev–Trinajstić information content (AvgIpc) is 3.36. The second kappa shape index (κ2) is 6.51. The molecule has 2 aliphatic rings. The monoisotopic (exact) mass is 372 g/mol. The fourth-order valence-corrected chi connectivity index (χ4v) is 4.51. The summed E-state index contributed by atoms with van der Waals surface area (Å²) < 4.78 is 10.7. The average molecular weight is 372 g/mol. The van der Waals surface area contributed by atoms with Crippen molar-refractivity contribution in [2.75, 3.05) is 13.1 Å². The van der Waals surface area contributed by atoms with Crippen LogP contribution in [0.4, 0.5) is 0 Å². The number of hydrogen-bond donors (Lipinski definition) is 1. The predicted octanol–water partition coefficient (Wildman–Crippen LogP) is 1.92. The molecule has 27 heavy (non-hydrogen) atoms. The lowest BCUT2D eigenvalue weighted by atomic mass is 9.80. The number of amides is 2. The molecule has 2 amide bonds. The molecule has 3 heterocycles. The number of furan rings is 1. The Morgan fingerprint density at radius 2 is 2.22 bits per heavy atom. The summed E-state index contributed by atoms with van der Waals surface area (Å²) in [6.07, 6.45) is 2.90. The lowest BCUT2D eigenvalue weighted by molar-refractivity contribution is -0.133. The quantitative estimate of drug-likeness (QED) is 0.880. The molecule has 144 valence electrons. The molecule has 1 saturated carbocycles. The highest BCUT2D eigenvalue weighted by Gasteiger charge is 2.58. The van der Waals surface area contributed by atoms with Gasteiger partial charge in [0.05, 0.1) is 11.7 Å². The Kier molecular flexibility index (Phi) is 4.28. The maximum atomic E-state index is 12.5. The summed E-state index contributed by atoms with van der Waals surface area (Å²) in [5, 5.41) is 7.01. The molecular weight excluding hydrogens is 348 g/mol. The highest BCUT2D eigenvalue weighted by molar-refractivity contribution is 5.91. The summed E-state index contributed by atoms with van der Waals surface area (Å²) in [5.74, 6) is 1.47. The molecule has 4 rings (SSSR count). The number of carbonyl (C=O) groups is 2. The van der Waals surface area contributed by atoms with Gasteiger partial charge in [0.15, 0.2) is 11.6 Å². The fraction of sp³-hybridized carbons (Fsp3) is 0.579. The third-order valence-corrected chi connectivity index (χ3v) is 5.71. The van der Waals surface area contributed by atoms with E-state index in [1.165, 1.54) is 6.26 Å². The minimum atomic E-state index is -0.410. The Bertz CT molecular complexity index is 844. The highest BCUT2D eigenvalue weighted by Crippen LogP contribution is 2.50. The van der Waals surface area contributed by atoms with Crippen molar-refractivity contribution in [2.45, 2.75) is 45.1 Å². The zero-order chi connectivity index (χ0) is 19.2. The number of fused-ring (bicyclic) bond motifs is 1. The van der Waals surface area contributed by atoms with Crippen molar-refractivity contribution in [1.29, 1.82) is 0 Å². The minimum absolute atomic E-state index is 0.0314. The van der Waals surface area contributed by atoms with Crippen LogP contribution >= 0.6 is 0 Å². The van der Waals surface area contributed by atoms with Crippen LogP contribution in [0.15, 0.2) is 27.3 Å². The highest BCUT2D eigenvalue weighted by atomic mass is 16.5. The number of rotatable bonds is 4. The molecule has 2 fully saturated rings. The standard InChI is InChI=1S/C19H24N4O4/c1-11(2)17(25)23-9-13-7-14(21-16(24)15-5-4-6-26-15)8-19(13,10-23)18-20-12(3)22-27-18/h4-6,11,13-14H,7-10H2,1-3H3,(H,21,24)/t13-,14+,19-/m0/s1. The maximum Gasteiger partial charge on any atom is 0.287 e. The smallest absolute Gasteiger partial charge is 0.287 e. The van der Waals surface area contributed by atoms with Crippen molar-refractivity contribution in [3.63, 3.8) is 0 Å². The third-order valence-electron chi connectivity index (χ3n) is 5.71. The molecule has 1 aliphatic carbocycles. The molecule has 0 bridgehead atoms. The summed E-state index contributed by atoms with van der Waals surface area (Å²) in [6.45, 7) is 6.80. The Hall–Kier alpha value is -2.64. The SMILES string of the molecule is Cc1noc([C@]23C[C@H](NC(=O)c4ccco4)C[C@H]2CN(C(=O)C(C)C)C3)n1. The van der Waals surface area contributed by atoms with Gasteiger partial charge in [0.1, 0.15) is 0 Å². The first-order valence-electron chi connectivity index (χ1n) is 9.33. The Balaban J connectivity index is 1.57. The maximum absolute atomic E-state index is 12.5. The Morgan fingerprint density at radius 3 is 2.85 bits per heavy atom. The van der Waals surface area contributed by atoms with Crippen molar-refractivity contribution < 1.29 is 18.5 Å². The fourth-order valence-electron chi connectivity index (χ4n) is 4.51. The number of aryl methyl sites for hydroxylation is 1. The largest absolute Gasteiger partial charge is 0.459 e. The molecule has 1 aliphatic heterocycles. The van der Waals surface area contributed by atoms with Gasteiger partial charge >= 0.3 is 0 Å². The molecule has 1 saturated heterocycles. The second-order valence-electron chi connectivity index (χ2n) is 7.96. The first-order valence-corrected chi connectivity index (χ1v) is 9.33. The summed E-state index contributed by atoms with van der Waals surface area (Å²) >= 11 is 0. The third kappa shape index (κ3) is 3.02. The number of aromatic nitrogens is 2. The molecule has 0 spiro atoms. The van der Waals surface area contributed by atoms with Crippen LogP contribution in [-0.2, 0) is 10.2 Å². The van der Waals surface area contributed by atoms with E-state index in [9.17, 15) is 9.59 Å². The summed E-state index contributed by atoms with van der Waals surface area (Å²) in [7, 11) is 0. The van der Waals surface area contributed by atoms with Gasteiger partial charge in [0, 0.05) is 25.0 Å². The molecule has 0 unspecified atom stereocenters. The van der Waals surface area contributed by atoms with Gasteiger partial charge < -0.3 is 19.2 Å². The van der Waals surface area contributed by atoms with Gasteiger partial charge in [-0.15, -0.1) is 0 Å². The number of hydrogen-bond acceptors (Lipinski definition) is 6.